The average molecular weight is 224 g/mol. The summed E-state index contributed by atoms with van der Waals surface area (Å²) in [6.07, 6.45) is 1.38. The molecule has 1 aromatic carbocycles. The van der Waals surface area contributed by atoms with Crippen molar-refractivity contribution in [2.24, 2.45) is 0 Å². The van der Waals surface area contributed by atoms with Crippen molar-refractivity contribution >= 4 is 28.3 Å². The maximum Gasteiger partial charge on any atom is 0.335 e. The van der Waals surface area contributed by atoms with Crippen molar-refractivity contribution in [1.29, 1.82) is 0 Å². The SMILES string of the molecule is O=C(O)c1ccc2c(Cl)c[nH]c(=O)c2c1. The van der Waals surface area contributed by atoms with Crippen molar-refractivity contribution in [3.8, 4) is 0 Å². The summed E-state index contributed by atoms with van der Waals surface area (Å²) in [5, 5.41) is 9.98. The molecule has 1 heterocycles. The summed E-state index contributed by atoms with van der Waals surface area (Å²) in [5.74, 6) is -1.07. The third kappa shape index (κ3) is 1.59. The molecular formula is C10H6ClNO3. The van der Waals surface area contributed by atoms with Crippen molar-refractivity contribution in [3.63, 3.8) is 0 Å². The molecule has 5 heteroatoms. The number of halogens is 1. The Morgan fingerprint density at radius 2 is 2.07 bits per heavy atom. The topological polar surface area (TPSA) is 70.2 Å². The molecule has 0 atom stereocenters. The van der Waals surface area contributed by atoms with Crippen LogP contribution in [0.25, 0.3) is 10.8 Å². The number of hydrogen-bond donors (Lipinski definition) is 2. The van der Waals surface area contributed by atoms with E-state index in [1.807, 2.05) is 0 Å². The molecule has 0 fully saturated rings. The number of pyridine rings is 1. The molecule has 0 aliphatic rings. The van der Waals surface area contributed by atoms with E-state index in [2.05, 4.69) is 4.98 Å². The molecule has 0 saturated carbocycles. The van der Waals surface area contributed by atoms with Crippen LogP contribution in [0.5, 0.6) is 0 Å². The number of nitrogens with one attached hydrogen (secondary N) is 1. The average Bonchev–Trinajstić information content (AvgIpc) is 2.23. The second kappa shape index (κ2) is 3.40. The van der Waals surface area contributed by atoms with Crippen molar-refractivity contribution in [1.82, 2.24) is 4.98 Å². The number of aromatic nitrogens is 1. The van der Waals surface area contributed by atoms with Crippen LogP contribution in [-0.2, 0) is 0 Å². The molecule has 0 unspecified atom stereocenters. The number of carboxylic acid groups (broad SMARTS) is 1. The minimum atomic E-state index is -1.07. The van der Waals surface area contributed by atoms with Gasteiger partial charge in [-0.05, 0) is 12.1 Å². The molecule has 76 valence electrons. The van der Waals surface area contributed by atoms with E-state index in [4.69, 9.17) is 16.7 Å². The van der Waals surface area contributed by atoms with Crippen molar-refractivity contribution < 1.29 is 9.90 Å². The van der Waals surface area contributed by atoms with Crippen LogP contribution in [0.4, 0.5) is 0 Å². The molecule has 0 radical (unpaired) electrons. The summed E-state index contributed by atoms with van der Waals surface area (Å²) in [6.45, 7) is 0. The molecule has 0 bridgehead atoms. The smallest absolute Gasteiger partial charge is 0.335 e. The van der Waals surface area contributed by atoms with Gasteiger partial charge in [0.05, 0.1) is 10.6 Å². The number of fused-ring (bicyclic) bond motifs is 1. The summed E-state index contributed by atoms with van der Waals surface area (Å²) in [4.78, 5) is 24.5. The van der Waals surface area contributed by atoms with Gasteiger partial charge in [-0.1, -0.05) is 17.7 Å². The molecule has 2 N–H and O–H groups in total. The van der Waals surface area contributed by atoms with Gasteiger partial charge in [0.1, 0.15) is 0 Å². The molecule has 0 aliphatic carbocycles. The molecule has 15 heavy (non-hydrogen) atoms. The molecule has 0 amide bonds. The van der Waals surface area contributed by atoms with Gasteiger partial charge in [-0.25, -0.2) is 4.79 Å². The summed E-state index contributed by atoms with van der Waals surface area (Å²) < 4.78 is 0. The fourth-order valence-corrected chi connectivity index (χ4v) is 1.58. The lowest BCUT2D eigenvalue weighted by Gasteiger charge is -2.00. The number of aromatic amines is 1. The lowest BCUT2D eigenvalue weighted by molar-refractivity contribution is 0.0697. The zero-order chi connectivity index (χ0) is 11.0. The predicted octanol–water partition coefficient (Wildman–Crippen LogP) is 1.88. The number of H-pyrrole nitrogens is 1. The highest BCUT2D eigenvalue weighted by atomic mass is 35.5. The van der Waals surface area contributed by atoms with Crippen molar-refractivity contribution in [2.75, 3.05) is 0 Å². The molecule has 0 spiro atoms. The van der Waals surface area contributed by atoms with Gasteiger partial charge in [-0.2, -0.15) is 0 Å². The quantitative estimate of drug-likeness (QED) is 0.776. The number of carbonyl (C=O) groups is 1. The Morgan fingerprint density at radius 3 is 2.73 bits per heavy atom. The van der Waals surface area contributed by atoms with Gasteiger partial charge < -0.3 is 10.1 Å². The Labute approximate surface area is 89.1 Å². The number of benzene rings is 1. The van der Waals surface area contributed by atoms with E-state index in [-0.39, 0.29) is 16.5 Å². The number of aromatic carboxylic acids is 1. The van der Waals surface area contributed by atoms with Gasteiger partial charge in [0.2, 0.25) is 0 Å². The third-order valence-corrected chi connectivity index (χ3v) is 2.41. The fraction of sp³-hybridized carbons (Fsp3) is 0. The molecule has 0 aliphatic heterocycles. The number of carboxylic acids is 1. The lowest BCUT2D eigenvalue weighted by Crippen LogP contribution is -2.06. The minimum absolute atomic E-state index is 0.0651. The van der Waals surface area contributed by atoms with Crippen LogP contribution < -0.4 is 5.56 Å². The number of hydrogen-bond acceptors (Lipinski definition) is 2. The minimum Gasteiger partial charge on any atom is -0.478 e. The first-order valence-electron chi connectivity index (χ1n) is 4.14. The van der Waals surface area contributed by atoms with E-state index in [0.717, 1.165) is 0 Å². The molecule has 2 aromatic rings. The molecule has 0 saturated heterocycles. The zero-order valence-corrected chi connectivity index (χ0v) is 8.21. The lowest BCUT2D eigenvalue weighted by atomic mass is 10.1. The van der Waals surface area contributed by atoms with Crippen LogP contribution in [0.2, 0.25) is 5.02 Å². The van der Waals surface area contributed by atoms with Crippen LogP contribution in [0, 0.1) is 0 Å². The van der Waals surface area contributed by atoms with Gasteiger partial charge >= 0.3 is 5.97 Å². The van der Waals surface area contributed by atoms with Gasteiger partial charge in [0.15, 0.2) is 0 Å². The molecule has 1 aromatic heterocycles. The molecule has 2 rings (SSSR count). The van der Waals surface area contributed by atoms with E-state index >= 15 is 0 Å². The highest BCUT2D eigenvalue weighted by molar-refractivity contribution is 6.35. The Bertz CT molecular complexity index is 603. The first kappa shape index (κ1) is 9.73. The predicted molar refractivity (Wildman–Crippen MR) is 56.5 cm³/mol. The van der Waals surface area contributed by atoms with E-state index in [1.165, 1.54) is 24.4 Å². The second-order valence-corrected chi connectivity index (χ2v) is 3.44. The van der Waals surface area contributed by atoms with Crippen LogP contribution in [0.1, 0.15) is 10.4 Å². The summed E-state index contributed by atoms with van der Waals surface area (Å²) in [6, 6.07) is 4.24. The normalized spacial score (nSPS) is 10.5. The van der Waals surface area contributed by atoms with E-state index in [0.29, 0.717) is 10.4 Å². The van der Waals surface area contributed by atoms with E-state index in [1.54, 1.807) is 0 Å². The molecule has 4 nitrogen and oxygen atoms in total. The second-order valence-electron chi connectivity index (χ2n) is 3.03. The largest absolute Gasteiger partial charge is 0.478 e. The Morgan fingerprint density at radius 1 is 1.33 bits per heavy atom. The number of rotatable bonds is 1. The van der Waals surface area contributed by atoms with Crippen molar-refractivity contribution in [3.05, 3.63) is 45.3 Å². The highest BCUT2D eigenvalue weighted by Gasteiger charge is 2.07. The van der Waals surface area contributed by atoms with Gasteiger partial charge in [-0.15, -0.1) is 0 Å². The van der Waals surface area contributed by atoms with Crippen molar-refractivity contribution in [2.45, 2.75) is 0 Å². The van der Waals surface area contributed by atoms with Gasteiger partial charge in [0, 0.05) is 17.0 Å². The Hall–Kier alpha value is -1.81. The van der Waals surface area contributed by atoms with Crippen LogP contribution in [0.3, 0.4) is 0 Å². The third-order valence-electron chi connectivity index (χ3n) is 2.10. The van der Waals surface area contributed by atoms with Gasteiger partial charge in [-0.3, -0.25) is 4.79 Å². The maximum absolute atomic E-state index is 11.4. The maximum atomic E-state index is 11.4. The van der Waals surface area contributed by atoms with Gasteiger partial charge in [0.25, 0.3) is 5.56 Å². The highest BCUT2D eigenvalue weighted by Crippen LogP contribution is 2.20. The first-order chi connectivity index (χ1) is 7.09. The summed E-state index contributed by atoms with van der Waals surface area (Å²) in [7, 11) is 0. The van der Waals surface area contributed by atoms with Crippen LogP contribution in [-0.4, -0.2) is 16.1 Å². The standard InChI is InChI=1S/C10H6ClNO3/c11-8-4-12-9(13)7-3-5(10(14)15)1-2-6(7)8/h1-4H,(H,12,13)(H,14,15). The van der Waals surface area contributed by atoms with Crippen LogP contribution in [0.15, 0.2) is 29.2 Å². The van der Waals surface area contributed by atoms with E-state index < -0.39 is 5.97 Å². The Kier molecular flexibility index (Phi) is 2.21. The van der Waals surface area contributed by atoms with E-state index in [9.17, 15) is 9.59 Å². The summed E-state index contributed by atoms with van der Waals surface area (Å²) in [5.41, 5.74) is -0.284. The molecular weight excluding hydrogens is 218 g/mol. The summed E-state index contributed by atoms with van der Waals surface area (Å²) >= 11 is 5.84. The monoisotopic (exact) mass is 223 g/mol. The Balaban J connectivity index is 2.87. The zero-order valence-electron chi connectivity index (χ0n) is 7.45. The fourth-order valence-electron chi connectivity index (χ4n) is 1.36. The van der Waals surface area contributed by atoms with Crippen LogP contribution >= 0.6 is 11.6 Å². The first-order valence-corrected chi connectivity index (χ1v) is 4.51.